The SMILES string of the molecule is COc1ccc2c(c1)C1CC1(C(=O)N1CCN3CCC[C@@H]3C1)Cn1c-2c(C2CCCCC2)c2ccc(C(=O)NS(=O)(=O)N3CCOCC3)cc21. The maximum Gasteiger partial charge on any atom is 0.304 e. The lowest BCUT2D eigenvalue weighted by atomic mass is 9.81. The third-order valence-electron chi connectivity index (χ3n) is 12.6. The van der Waals surface area contributed by atoms with E-state index in [4.69, 9.17) is 9.47 Å². The van der Waals surface area contributed by atoms with E-state index >= 15 is 0 Å². The van der Waals surface area contributed by atoms with Crippen molar-refractivity contribution in [3.8, 4) is 17.0 Å². The first-order chi connectivity index (χ1) is 24.3. The van der Waals surface area contributed by atoms with Crippen molar-refractivity contribution in [2.24, 2.45) is 5.41 Å². The molecule has 11 nitrogen and oxygen atoms in total. The Hall–Kier alpha value is -3.45. The van der Waals surface area contributed by atoms with Crippen molar-refractivity contribution in [2.75, 3.05) is 59.6 Å². The summed E-state index contributed by atoms with van der Waals surface area (Å²) in [7, 11) is -2.33. The van der Waals surface area contributed by atoms with Gasteiger partial charge in [-0.25, -0.2) is 4.72 Å². The van der Waals surface area contributed by atoms with Crippen LogP contribution in [-0.2, 0) is 26.3 Å². The van der Waals surface area contributed by atoms with Crippen LogP contribution < -0.4 is 9.46 Å². The van der Waals surface area contributed by atoms with Crippen LogP contribution in [0.5, 0.6) is 5.75 Å². The Bertz CT molecular complexity index is 1960. The lowest BCUT2D eigenvalue weighted by Crippen LogP contribution is -2.54. The number of carbonyl (C=O) groups is 2. The smallest absolute Gasteiger partial charge is 0.304 e. The number of benzene rings is 2. The van der Waals surface area contributed by atoms with Gasteiger partial charge >= 0.3 is 10.2 Å². The van der Waals surface area contributed by atoms with Crippen molar-refractivity contribution in [3.63, 3.8) is 0 Å². The number of carbonyl (C=O) groups excluding carboxylic acids is 2. The molecule has 2 saturated carbocycles. The molecule has 1 aromatic heterocycles. The minimum atomic E-state index is -4.03. The van der Waals surface area contributed by atoms with Crippen LogP contribution in [0.25, 0.3) is 22.2 Å². The first-order valence-electron chi connectivity index (χ1n) is 18.6. The first-order valence-corrected chi connectivity index (χ1v) is 20.0. The summed E-state index contributed by atoms with van der Waals surface area (Å²) in [5.41, 5.74) is 5.33. The Kier molecular flexibility index (Phi) is 8.02. The number of nitrogens with zero attached hydrogens (tertiary/aromatic N) is 4. The highest BCUT2D eigenvalue weighted by Gasteiger charge is 2.64. The third kappa shape index (κ3) is 5.28. The number of fused-ring (bicyclic) bond motifs is 8. The fraction of sp³-hybridized carbons (Fsp3) is 0.579. The molecule has 3 saturated heterocycles. The highest BCUT2D eigenvalue weighted by molar-refractivity contribution is 7.87. The topological polar surface area (TPSA) is 113 Å². The van der Waals surface area contributed by atoms with Gasteiger partial charge in [0.05, 0.1) is 31.4 Å². The fourth-order valence-corrected chi connectivity index (χ4v) is 11.1. The van der Waals surface area contributed by atoms with Crippen molar-refractivity contribution in [2.45, 2.75) is 75.8 Å². The van der Waals surface area contributed by atoms with Gasteiger partial charge in [0.1, 0.15) is 5.75 Å². The normalized spacial score (nSPS) is 27.2. The van der Waals surface area contributed by atoms with Crippen LogP contribution in [0.2, 0.25) is 0 Å². The average molecular weight is 702 g/mol. The van der Waals surface area contributed by atoms with Crippen molar-refractivity contribution < 1.29 is 27.5 Å². The molecule has 2 amide bonds. The minimum absolute atomic E-state index is 0.0704. The molecule has 6 aliphatic rings. The zero-order valence-electron chi connectivity index (χ0n) is 28.9. The van der Waals surface area contributed by atoms with Gasteiger partial charge in [-0.3, -0.25) is 14.5 Å². The maximum absolute atomic E-state index is 14.9. The van der Waals surface area contributed by atoms with Crippen LogP contribution in [-0.4, -0.2) is 105 Å². The maximum atomic E-state index is 14.9. The second-order valence-corrected chi connectivity index (χ2v) is 17.0. The molecule has 3 aromatic rings. The van der Waals surface area contributed by atoms with E-state index in [9.17, 15) is 18.0 Å². The number of piperazine rings is 1. The predicted molar refractivity (Wildman–Crippen MR) is 189 cm³/mol. The number of hydrogen-bond acceptors (Lipinski definition) is 7. The van der Waals surface area contributed by atoms with Crippen molar-refractivity contribution in [1.29, 1.82) is 0 Å². The largest absolute Gasteiger partial charge is 0.497 e. The molecule has 5 heterocycles. The predicted octanol–water partition coefficient (Wildman–Crippen LogP) is 4.47. The van der Waals surface area contributed by atoms with E-state index in [2.05, 4.69) is 31.2 Å². The molecule has 4 aliphatic heterocycles. The second-order valence-electron chi connectivity index (χ2n) is 15.3. The first kappa shape index (κ1) is 32.5. The standard InChI is InChI=1S/C38H47N5O6S/c1-48-28-10-12-29-31(21-28)32-22-38(32,37(45)41-15-14-40-13-5-8-27(40)23-41)24-43-33-20-26(36(44)39-50(46,47)42-16-18-49-19-17-42)9-11-30(33)34(35(29)43)25-6-3-2-4-7-25/h9-12,20-21,25,27,32H,2-8,13-19,22-24H2,1H3,(H,39,44)/t27-,32?,38?/m1/s1. The second kappa shape index (κ2) is 12.4. The lowest BCUT2D eigenvalue weighted by Gasteiger charge is -2.39. The van der Waals surface area contributed by atoms with Gasteiger partial charge in [0.2, 0.25) is 5.91 Å². The zero-order chi connectivity index (χ0) is 34.2. The van der Waals surface area contributed by atoms with Crippen molar-refractivity contribution in [3.05, 3.63) is 53.1 Å². The Morgan fingerprint density at radius 3 is 2.56 bits per heavy atom. The molecule has 1 N–H and O–H groups in total. The van der Waals surface area contributed by atoms with E-state index in [1.807, 2.05) is 18.2 Å². The Morgan fingerprint density at radius 2 is 1.76 bits per heavy atom. The summed E-state index contributed by atoms with van der Waals surface area (Å²) >= 11 is 0. The molecule has 266 valence electrons. The summed E-state index contributed by atoms with van der Waals surface area (Å²) in [6, 6.07) is 12.4. The monoisotopic (exact) mass is 701 g/mol. The van der Waals surface area contributed by atoms with Gasteiger partial charge in [0, 0.05) is 73.3 Å². The number of hydrogen-bond donors (Lipinski definition) is 1. The summed E-state index contributed by atoms with van der Waals surface area (Å²) < 4.78 is 43.3. The van der Waals surface area contributed by atoms with Gasteiger partial charge in [0.25, 0.3) is 5.91 Å². The van der Waals surface area contributed by atoms with Gasteiger partial charge < -0.3 is 18.9 Å². The van der Waals surface area contributed by atoms with E-state index in [0.29, 0.717) is 31.7 Å². The highest BCUT2D eigenvalue weighted by atomic mass is 32.2. The molecular formula is C38H47N5O6S. The van der Waals surface area contributed by atoms with E-state index in [0.717, 1.165) is 79.8 Å². The number of methoxy groups -OCH3 is 1. The van der Waals surface area contributed by atoms with E-state index < -0.39 is 21.5 Å². The van der Waals surface area contributed by atoms with Crippen molar-refractivity contribution in [1.82, 2.24) is 23.4 Å². The van der Waals surface area contributed by atoms with Crippen LogP contribution in [0, 0.1) is 5.41 Å². The number of amides is 2. The summed E-state index contributed by atoms with van der Waals surface area (Å²) in [4.78, 5) is 33.2. The van der Waals surface area contributed by atoms with Crippen LogP contribution in [0.3, 0.4) is 0 Å². The molecule has 2 unspecified atom stereocenters. The molecule has 9 rings (SSSR count). The van der Waals surface area contributed by atoms with E-state index in [1.165, 1.54) is 41.1 Å². The van der Waals surface area contributed by atoms with E-state index in [1.54, 1.807) is 13.2 Å². The minimum Gasteiger partial charge on any atom is -0.497 e. The van der Waals surface area contributed by atoms with Crippen molar-refractivity contribution >= 4 is 32.9 Å². The molecule has 5 fully saturated rings. The van der Waals surface area contributed by atoms with Gasteiger partial charge in [0.15, 0.2) is 0 Å². The molecule has 0 radical (unpaired) electrons. The Morgan fingerprint density at radius 1 is 0.940 bits per heavy atom. The van der Waals surface area contributed by atoms with Crippen LogP contribution >= 0.6 is 0 Å². The van der Waals surface area contributed by atoms with Gasteiger partial charge in [-0.15, -0.1) is 0 Å². The Balaban J connectivity index is 1.17. The number of ether oxygens (including phenoxy) is 2. The van der Waals surface area contributed by atoms with E-state index in [-0.39, 0.29) is 30.5 Å². The van der Waals surface area contributed by atoms with Gasteiger partial charge in [-0.05, 0) is 86.0 Å². The zero-order valence-corrected chi connectivity index (χ0v) is 29.7. The summed E-state index contributed by atoms with van der Waals surface area (Å²) in [6.45, 7) is 5.12. The summed E-state index contributed by atoms with van der Waals surface area (Å²) in [5, 5.41) is 1.09. The number of morpholine rings is 1. The van der Waals surface area contributed by atoms with Crippen LogP contribution in [0.4, 0.5) is 0 Å². The molecule has 0 spiro atoms. The fourth-order valence-electron chi connectivity index (χ4n) is 9.94. The number of nitrogens with one attached hydrogen (secondary N) is 1. The molecular weight excluding hydrogens is 655 g/mol. The number of rotatable bonds is 6. The highest BCUT2D eigenvalue weighted by Crippen LogP contribution is 2.66. The molecule has 0 bridgehead atoms. The molecule has 3 atom stereocenters. The van der Waals surface area contributed by atoms with Gasteiger partial charge in [-0.2, -0.15) is 12.7 Å². The average Bonchev–Trinajstić information content (AvgIpc) is 3.56. The summed E-state index contributed by atoms with van der Waals surface area (Å²) in [5.74, 6) is 0.802. The summed E-state index contributed by atoms with van der Waals surface area (Å²) in [6.07, 6.45) is 8.87. The van der Waals surface area contributed by atoms with Crippen LogP contribution in [0.15, 0.2) is 36.4 Å². The van der Waals surface area contributed by atoms with Crippen LogP contribution in [0.1, 0.15) is 84.7 Å². The molecule has 50 heavy (non-hydrogen) atoms. The molecule has 2 aliphatic carbocycles. The third-order valence-corrected chi connectivity index (χ3v) is 14.1. The molecule has 12 heteroatoms. The lowest BCUT2D eigenvalue weighted by molar-refractivity contribution is -0.140. The Labute approximate surface area is 294 Å². The van der Waals surface area contributed by atoms with Gasteiger partial charge in [-0.1, -0.05) is 25.3 Å². The quantitative estimate of drug-likeness (QED) is 0.404. The molecule has 2 aromatic carbocycles. The number of aromatic nitrogens is 1.